The van der Waals surface area contributed by atoms with E-state index in [-0.39, 0.29) is 18.1 Å². The lowest BCUT2D eigenvalue weighted by molar-refractivity contribution is -0.138. The van der Waals surface area contributed by atoms with Crippen LogP contribution < -0.4 is 0 Å². The molecule has 6 heteroatoms. The van der Waals surface area contributed by atoms with Crippen LogP contribution >= 0.6 is 11.3 Å². The van der Waals surface area contributed by atoms with Crippen LogP contribution in [0.2, 0.25) is 0 Å². The van der Waals surface area contributed by atoms with Gasteiger partial charge in [0.1, 0.15) is 0 Å². The number of piperidine rings is 1. The van der Waals surface area contributed by atoms with Gasteiger partial charge >= 0.3 is 0 Å². The predicted molar refractivity (Wildman–Crippen MR) is 91.5 cm³/mol. The second kappa shape index (κ2) is 8.06. The number of carbonyl (C=O) groups is 1. The van der Waals surface area contributed by atoms with Crippen LogP contribution in [0, 0.1) is 0 Å². The highest BCUT2D eigenvalue weighted by atomic mass is 32.1. The molecule has 23 heavy (non-hydrogen) atoms. The maximum absolute atomic E-state index is 12.4. The van der Waals surface area contributed by atoms with Crippen LogP contribution in [-0.2, 0) is 14.3 Å². The first-order valence-corrected chi connectivity index (χ1v) is 9.01. The Morgan fingerprint density at radius 3 is 3.22 bits per heavy atom. The summed E-state index contributed by atoms with van der Waals surface area (Å²) in [5.74, 6) is 0.0918. The molecule has 3 rings (SSSR count). The van der Waals surface area contributed by atoms with Crippen LogP contribution in [-0.4, -0.2) is 74.4 Å². The number of rotatable bonds is 5. The van der Waals surface area contributed by atoms with Gasteiger partial charge in [-0.05, 0) is 23.9 Å². The van der Waals surface area contributed by atoms with E-state index < -0.39 is 0 Å². The third-order valence-corrected chi connectivity index (χ3v) is 5.36. The first-order valence-electron chi connectivity index (χ1n) is 8.13. The van der Waals surface area contributed by atoms with Gasteiger partial charge in [-0.2, -0.15) is 0 Å². The van der Waals surface area contributed by atoms with Gasteiger partial charge in [0.25, 0.3) is 0 Å². The quantitative estimate of drug-likeness (QED) is 0.768. The number of carbonyl (C=O) groups excluding carboxylic acids is 1. The molecule has 2 aliphatic heterocycles. The molecular weight excluding hydrogens is 312 g/mol. The van der Waals surface area contributed by atoms with E-state index in [1.54, 1.807) is 24.5 Å². The van der Waals surface area contributed by atoms with Crippen molar-refractivity contribution in [3.8, 4) is 0 Å². The number of hydrogen-bond acceptors (Lipinski definition) is 5. The minimum atomic E-state index is 0.0918. The molecule has 0 unspecified atom stereocenters. The zero-order valence-electron chi connectivity index (χ0n) is 13.5. The second-order valence-corrected chi connectivity index (χ2v) is 6.91. The summed E-state index contributed by atoms with van der Waals surface area (Å²) in [6, 6.07) is 4.29. The summed E-state index contributed by atoms with van der Waals surface area (Å²) in [6.07, 6.45) is 4.74. The van der Waals surface area contributed by atoms with Crippen molar-refractivity contribution in [2.24, 2.45) is 0 Å². The Morgan fingerprint density at radius 1 is 1.52 bits per heavy atom. The molecule has 0 aliphatic carbocycles. The van der Waals surface area contributed by atoms with E-state index >= 15 is 0 Å². The monoisotopic (exact) mass is 336 g/mol. The highest BCUT2D eigenvalue weighted by Gasteiger charge is 2.37. The number of fused-ring (bicyclic) bond motifs is 1. The van der Waals surface area contributed by atoms with Gasteiger partial charge in [0, 0.05) is 44.2 Å². The molecule has 0 N–H and O–H groups in total. The molecule has 0 aromatic carbocycles. The number of hydrogen-bond donors (Lipinski definition) is 0. The third kappa shape index (κ3) is 4.20. The standard InChI is InChI=1S/C17H24N2O3S/c1-21-10-8-18-9-11-22-16-6-7-19(13-15(16)18)17(20)5-4-14-3-2-12-23-14/h2-5,12,15-16H,6-11,13H2,1H3/b5-4+/t15-,16-/m0/s1. The zero-order chi connectivity index (χ0) is 16.1. The molecule has 2 aliphatic rings. The first kappa shape index (κ1) is 16.6. The van der Waals surface area contributed by atoms with Crippen molar-refractivity contribution in [3.05, 3.63) is 28.5 Å². The average Bonchev–Trinajstić information content (AvgIpc) is 3.10. The van der Waals surface area contributed by atoms with Crippen molar-refractivity contribution in [2.75, 3.05) is 46.5 Å². The van der Waals surface area contributed by atoms with Gasteiger partial charge in [0.2, 0.25) is 5.91 Å². The molecule has 3 heterocycles. The van der Waals surface area contributed by atoms with Crippen LogP contribution in [0.5, 0.6) is 0 Å². The Balaban J connectivity index is 1.60. The Labute approximate surface area is 141 Å². The molecule has 0 spiro atoms. The fourth-order valence-electron chi connectivity index (χ4n) is 3.27. The summed E-state index contributed by atoms with van der Waals surface area (Å²) in [6.45, 7) is 4.81. The maximum Gasteiger partial charge on any atom is 0.246 e. The van der Waals surface area contributed by atoms with E-state index in [4.69, 9.17) is 9.47 Å². The van der Waals surface area contributed by atoms with E-state index in [0.717, 1.165) is 50.7 Å². The summed E-state index contributed by atoms with van der Waals surface area (Å²) in [7, 11) is 1.73. The van der Waals surface area contributed by atoms with Crippen molar-refractivity contribution < 1.29 is 14.3 Å². The summed E-state index contributed by atoms with van der Waals surface area (Å²) in [5, 5.41) is 2.02. The van der Waals surface area contributed by atoms with Gasteiger partial charge in [-0.25, -0.2) is 0 Å². The Kier molecular flexibility index (Phi) is 5.83. The molecule has 2 atom stereocenters. The fraction of sp³-hybridized carbons (Fsp3) is 0.588. The Morgan fingerprint density at radius 2 is 2.43 bits per heavy atom. The smallest absolute Gasteiger partial charge is 0.246 e. The topological polar surface area (TPSA) is 42.0 Å². The van der Waals surface area contributed by atoms with E-state index in [1.165, 1.54) is 0 Å². The normalized spacial score (nSPS) is 25.7. The van der Waals surface area contributed by atoms with Gasteiger partial charge in [-0.15, -0.1) is 11.3 Å². The Bertz CT molecular complexity index is 532. The molecule has 5 nitrogen and oxygen atoms in total. The number of thiophene rings is 1. The van der Waals surface area contributed by atoms with E-state index in [9.17, 15) is 4.79 Å². The van der Waals surface area contributed by atoms with Gasteiger partial charge in [0.05, 0.1) is 25.4 Å². The van der Waals surface area contributed by atoms with Gasteiger partial charge in [-0.3, -0.25) is 9.69 Å². The SMILES string of the molecule is COCCN1CCO[C@H]2CCN(C(=O)/C=C/c3cccs3)C[C@@H]21. The number of ether oxygens (including phenoxy) is 2. The van der Waals surface area contributed by atoms with Crippen LogP contribution in [0.1, 0.15) is 11.3 Å². The van der Waals surface area contributed by atoms with Crippen LogP contribution in [0.3, 0.4) is 0 Å². The molecule has 0 radical (unpaired) electrons. The molecular formula is C17H24N2O3S. The minimum absolute atomic E-state index is 0.0918. The lowest BCUT2D eigenvalue weighted by Gasteiger charge is -2.46. The van der Waals surface area contributed by atoms with Gasteiger partial charge in [-0.1, -0.05) is 6.07 Å². The summed E-state index contributed by atoms with van der Waals surface area (Å²) < 4.78 is 11.1. The van der Waals surface area contributed by atoms with E-state index in [2.05, 4.69) is 4.90 Å². The molecule has 0 saturated carbocycles. The molecule has 0 bridgehead atoms. The molecule has 126 valence electrons. The van der Waals surface area contributed by atoms with Gasteiger partial charge < -0.3 is 14.4 Å². The Hall–Kier alpha value is -1.21. The number of morpholine rings is 1. The first-order chi connectivity index (χ1) is 11.3. The average molecular weight is 336 g/mol. The summed E-state index contributed by atoms with van der Waals surface area (Å²) >= 11 is 1.64. The number of likely N-dealkylation sites (tertiary alicyclic amines) is 1. The number of amides is 1. The zero-order valence-corrected chi connectivity index (χ0v) is 14.3. The fourth-order valence-corrected chi connectivity index (χ4v) is 3.89. The van der Waals surface area contributed by atoms with Gasteiger partial charge in [0.15, 0.2) is 0 Å². The number of methoxy groups -OCH3 is 1. The maximum atomic E-state index is 12.4. The van der Waals surface area contributed by atoms with Crippen molar-refractivity contribution in [3.63, 3.8) is 0 Å². The molecule has 1 aromatic rings. The molecule has 2 fully saturated rings. The highest BCUT2D eigenvalue weighted by molar-refractivity contribution is 7.10. The molecule has 1 aromatic heterocycles. The summed E-state index contributed by atoms with van der Waals surface area (Å²) in [4.78, 5) is 17.9. The van der Waals surface area contributed by atoms with Crippen molar-refractivity contribution in [1.29, 1.82) is 0 Å². The van der Waals surface area contributed by atoms with E-state index in [1.807, 2.05) is 28.5 Å². The second-order valence-electron chi connectivity index (χ2n) is 5.93. The molecule has 1 amide bonds. The van der Waals surface area contributed by atoms with Crippen molar-refractivity contribution in [2.45, 2.75) is 18.6 Å². The summed E-state index contributed by atoms with van der Waals surface area (Å²) in [5.41, 5.74) is 0. The number of nitrogens with zero attached hydrogens (tertiary/aromatic N) is 2. The lowest BCUT2D eigenvalue weighted by atomic mass is 9.98. The predicted octanol–water partition coefficient (Wildman–Crippen LogP) is 1.71. The third-order valence-electron chi connectivity index (χ3n) is 4.53. The van der Waals surface area contributed by atoms with Crippen LogP contribution in [0.25, 0.3) is 6.08 Å². The van der Waals surface area contributed by atoms with Crippen LogP contribution in [0.15, 0.2) is 23.6 Å². The molecule has 2 saturated heterocycles. The largest absolute Gasteiger partial charge is 0.383 e. The lowest BCUT2D eigenvalue weighted by Crippen LogP contribution is -2.61. The van der Waals surface area contributed by atoms with E-state index in [0.29, 0.717) is 0 Å². The highest BCUT2D eigenvalue weighted by Crippen LogP contribution is 2.23. The van der Waals surface area contributed by atoms with Crippen LogP contribution in [0.4, 0.5) is 0 Å². The van der Waals surface area contributed by atoms with Crippen molar-refractivity contribution >= 4 is 23.3 Å². The minimum Gasteiger partial charge on any atom is -0.383 e. The van der Waals surface area contributed by atoms with Crippen molar-refractivity contribution in [1.82, 2.24) is 9.80 Å².